The molecule has 2 amide bonds. The highest BCUT2D eigenvalue weighted by Gasteiger charge is 2.32. The van der Waals surface area contributed by atoms with Crippen LogP contribution in [-0.4, -0.2) is 39.8 Å². The normalized spacial score (nSPS) is 15.7. The summed E-state index contributed by atoms with van der Waals surface area (Å²) >= 11 is 0. The molecule has 1 aliphatic rings. The number of hydrogen-bond acceptors (Lipinski definition) is 5. The Morgan fingerprint density at radius 3 is 2.55 bits per heavy atom. The number of ether oxygens (including phenoxy) is 1. The number of rotatable bonds is 7. The second-order valence-corrected chi connectivity index (χ2v) is 8.08. The van der Waals surface area contributed by atoms with Gasteiger partial charge in [0.05, 0.1) is 17.3 Å². The fraction of sp³-hybridized carbons (Fsp3) is 0.308. The van der Waals surface area contributed by atoms with Gasteiger partial charge in [-0.15, -0.1) is 0 Å². The molecule has 0 bridgehead atoms. The zero-order valence-electron chi connectivity index (χ0n) is 18.7. The highest BCUT2D eigenvalue weighted by atomic mass is 16.5. The van der Waals surface area contributed by atoms with Crippen molar-refractivity contribution < 1.29 is 14.3 Å². The van der Waals surface area contributed by atoms with E-state index < -0.39 is 0 Å². The summed E-state index contributed by atoms with van der Waals surface area (Å²) in [5.41, 5.74) is 2.01. The van der Waals surface area contributed by atoms with E-state index in [0.717, 1.165) is 24.8 Å². The molecule has 4 rings (SSSR count). The fourth-order valence-electron chi connectivity index (χ4n) is 4.05. The van der Waals surface area contributed by atoms with E-state index in [1.165, 1.54) is 0 Å². The van der Waals surface area contributed by atoms with Crippen molar-refractivity contribution in [1.29, 1.82) is 0 Å². The summed E-state index contributed by atoms with van der Waals surface area (Å²) in [6.07, 6.45) is 4.18. The first-order valence-corrected chi connectivity index (χ1v) is 11.2. The number of carbonyl (C=O) groups excluding carboxylic acids is 2. The van der Waals surface area contributed by atoms with Crippen molar-refractivity contribution in [3.63, 3.8) is 0 Å². The average Bonchev–Trinajstić information content (AvgIpc) is 2.87. The van der Waals surface area contributed by atoms with Crippen LogP contribution in [0.4, 0.5) is 0 Å². The van der Waals surface area contributed by atoms with Crippen molar-refractivity contribution in [3.8, 4) is 5.75 Å². The minimum absolute atomic E-state index is 0.0554. The predicted molar refractivity (Wildman–Crippen MR) is 125 cm³/mol. The van der Waals surface area contributed by atoms with E-state index in [0.29, 0.717) is 35.9 Å². The highest BCUT2D eigenvalue weighted by Crippen LogP contribution is 2.32. The third-order valence-electron chi connectivity index (χ3n) is 5.72. The van der Waals surface area contributed by atoms with Crippen LogP contribution in [0.25, 0.3) is 0 Å². The smallest absolute Gasteiger partial charge is 0.261 e. The van der Waals surface area contributed by atoms with Gasteiger partial charge in [0.25, 0.3) is 11.8 Å². The van der Waals surface area contributed by atoms with Gasteiger partial charge in [0, 0.05) is 19.3 Å². The van der Waals surface area contributed by atoms with Crippen molar-refractivity contribution in [2.75, 3.05) is 13.2 Å². The van der Waals surface area contributed by atoms with Gasteiger partial charge in [-0.2, -0.15) is 0 Å². The van der Waals surface area contributed by atoms with Gasteiger partial charge < -0.3 is 15.0 Å². The summed E-state index contributed by atoms with van der Waals surface area (Å²) in [7, 11) is 0. The molecule has 0 saturated carbocycles. The zero-order chi connectivity index (χ0) is 23.0. The second-order valence-electron chi connectivity index (χ2n) is 8.08. The number of para-hydroxylation sites is 1. The second kappa shape index (κ2) is 10.7. The largest absolute Gasteiger partial charge is 0.484 e. The first kappa shape index (κ1) is 22.5. The third-order valence-corrected chi connectivity index (χ3v) is 5.72. The van der Waals surface area contributed by atoms with E-state index in [-0.39, 0.29) is 24.5 Å². The number of nitrogens with zero attached hydrogens (tertiary/aromatic N) is 3. The van der Waals surface area contributed by atoms with Crippen molar-refractivity contribution in [2.45, 2.75) is 38.8 Å². The minimum Gasteiger partial charge on any atom is -0.484 e. The molecule has 3 aromatic rings. The number of carbonyl (C=O) groups is 2. The monoisotopic (exact) mass is 444 g/mol. The van der Waals surface area contributed by atoms with Crippen molar-refractivity contribution in [1.82, 2.24) is 20.2 Å². The lowest BCUT2D eigenvalue weighted by Crippen LogP contribution is -2.42. The molecule has 1 atom stereocenters. The Hall–Kier alpha value is -3.74. The molecule has 0 unspecified atom stereocenters. The molecule has 0 spiro atoms. The van der Waals surface area contributed by atoms with Crippen LogP contribution >= 0.6 is 0 Å². The Morgan fingerprint density at radius 1 is 1.06 bits per heavy atom. The lowest BCUT2D eigenvalue weighted by atomic mass is 9.96. The number of aromatic nitrogens is 2. The Morgan fingerprint density at radius 2 is 1.79 bits per heavy atom. The van der Waals surface area contributed by atoms with Crippen LogP contribution in [-0.2, 0) is 11.3 Å². The summed E-state index contributed by atoms with van der Waals surface area (Å²) < 4.78 is 5.69. The molecule has 1 fully saturated rings. The van der Waals surface area contributed by atoms with Gasteiger partial charge in [-0.3, -0.25) is 9.59 Å². The molecule has 0 radical (unpaired) electrons. The molecule has 1 N–H and O–H groups in total. The van der Waals surface area contributed by atoms with Crippen LogP contribution in [0.3, 0.4) is 0 Å². The summed E-state index contributed by atoms with van der Waals surface area (Å²) in [4.78, 5) is 36.8. The molecule has 2 aromatic carbocycles. The summed E-state index contributed by atoms with van der Waals surface area (Å²) in [5.74, 6) is 0.865. The Bertz CT molecular complexity index is 1090. The van der Waals surface area contributed by atoms with E-state index in [4.69, 9.17) is 4.74 Å². The number of amides is 2. The molecule has 7 heteroatoms. The fourth-order valence-corrected chi connectivity index (χ4v) is 4.05. The first-order valence-electron chi connectivity index (χ1n) is 11.2. The van der Waals surface area contributed by atoms with Crippen LogP contribution in [0.5, 0.6) is 5.75 Å². The third kappa shape index (κ3) is 5.74. The Balaban J connectivity index is 1.52. The maximum absolute atomic E-state index is 13.1. The van der Waals surface area contributed by atoms with Gasteiger partial charge in [0.1, 0.15) is 11.6 Å². The van der Waals surface area contributed by atoms with E-state index in [9.17, 15) is 9.59 Å². The standard InChI is InChI=1S/C26H28N4O3/c1-19-27-17-22(26(32)28-16-20-10-4-2-5-11-20)25(29-19)23-14-8-9-15-30(23)24(31)18-33-21-12-6-3-7-13-21/h2-7,10-13,17,23H,8-9,14-16,18H2,1H3,(H,28,32)/t23-/m1/s1. The maximum atomic E-state index is 13.1. The number of piperidine rings is 1. The van der Waals surface area contributed by atoms with Crippen LogP contribution in [0.2, 0.25) is 0 Å². The van der Waals surface area contributed by atoms with Crippen molar-refractivity contribution in [3.05, 3.63) is 89.5 Å². The molecule has 0 aliphatic carbocycles. The van der Waals surface area contributed by atoms with Crippen LogP contribution in [0, 0.1) is 6.92 Å². The molecule has 7 nitrogen and oxygen atoms in total. The molecule has 1 aliphatic heterocycles. The van der Waals surface area contributed by atoms with Gasteiger partial charge in [0.2, 0.25) is 0 Å². The molecular formula is C26H28N4O3. The molecule has 170 valence electrons. The number of hydrogen-bond donors (Lipinski definition) is 1. The van der Waals surface area contributed by atoms with Crippen molar-refractivity contribution >= 4 is 11.8 Å². The SMILES string of the molecule is Cc1ncc(C(=O)NCc2ccccc2)c([C@H]2CCCCN2C(=O)COc2ccccc2)n1. The maximum Gasteiger partial charge on any atom is 0.261 e. The van der Waals surface area contributed by atoms with Gasteiger partial charge in [0.15, 0.2) is 6.61 Å². The van der Waals surface area contributed by atoms with E-state index in [2.05, 4.69) is 15.3 Å². The van der Waals surface area contributed by atoms with Crippen molar-refractivity contribution in [2.24, 2.45) is 0 Å². The van der Waals surface area contributed by atoms with Crippen LogP contribution in [0.1, 0.15) is 52.7 Å². The topological polar surface area (TPSA) is 84.4 Å². The van der Waals surface area contributed by atoms with Gasteiger partial charge in [-0.05, 0) is 43.9 Å². The van der Waals surface area contributed by atoms with Gasteiger partial charge in [-0.25, -0.2) is 9.97 Å². The number of nitrogens with one attached hydrogen (secondary N) is 1. The summed E-state index contributed by atoms with van der Waals surface area (Å²) in [6.45, 7) is 2.75. The van der Waals surface area contributed by atoms with E-state index in [1.54, 1.807) is 18.0 Å². The Labute approximate surface area is 193 Å². The number of aryl methyl sites for hydroxylation is 1. The molecular weight excluding hydrogens is 416 g/mol. The summed E-state index contributed by atoms with van der Waals surface area (Å²) in [5, 5.41) is 2.96. The molecule has 1 saturated heterocycles. The van der Waals surface area contributed by atoms with Crippen LogP contribution in [0.15, 0.2) is 66.9 Å². The van der Waals surface area contributed by atoms with E-state index >= 15 is 0 Å². The number of benzene rings is 2. The first-order chi connectivity index (χ1) is 16.1. The minimum atomic E-state index is -0.287. The highest BCUT2D eigenvalue weighted by molar-refractivity contribution is 5.95. The molecule has 2 heterocycles. The Kier molecular flexibility index (Phi) is 7.29. The predicted octanol–water partition coefficient (Wildman–Crippen LogP) is 3.85. The molecule has 33 heavy (non-hydrogen) atoms. The van der Waals surface area contributed by atoms with Crippen LogP contribution < -0.4 is 10.1 Å². The van der Waals surface area contributed by atoms with Gasteiger partial charge >= 0.3 is 0 Å². The molecule has 1 aromatic heterocycles. The van der Waals surface area contributed by atoms with E-state index in [1.807, 2.05) is 60.7 Å². The lowest BCUT2D eigenvalue weighted by molar-refractivity contribution is -0.137. The number of likely N-dealkylation sites (tertiary alicyclic amines) is 1. The van der Waals surface area contributed by atoms with Gasteiger partial charge in [-0.1, -0.05) is 48.5 Å². The summed E-state index contributed by atoms with van der Waals surface area (Å²) in [6, 6.07) is 18.7. The zero-order valence-corrected chi connectivity index (χ0v) is 18.7. The average molecular weight is 445 g/mol. The quantitative estimate of drug-likeness (QED) is 0.598. The lowest BCUT2D eigenvalue weighted by Gasteiger charge is -2.36.